The highest BCUT2D eigenvalue weighted by atomic mass is 79.9. The van der Waals surface area contributed by atoms with Gasteiger partial charge in [-0.25, -0.2) is 4.68 Å². The minimum absolute atomic E-state index is 0.259. The molecule has 9 heteroatoms. The summed E-state index contributed by atoms with van der Waals surface area (Å²) in [4.78, 5) is 17.9. The lowest BCUT2D eigenvalue weighted by Crippen LogP contribution is -2.31. The zero-order valence-corrected chi connectivity index (χ0v) is 21.3. The maximum Gasteiger partial charge on any atom is 0.255 e. The third kappa shape index (κ3) is 4.83. The number of fused-ring (bicyclic) bond motifs is 1. The van der Waals surface area contributed by atoms with Crippen LogP contribution in [0.3, 0.4) is 0 Å². The number of amides is 1. The van der Waals surface area contributed by atoms with Gasteiger partial charge in [0.2, 0.25) is 5.95 Å². The monoisotopic (exact) mass is 545 g/mol. The van der Waals surface area contributed by atoms with Crippen LogP contribution in [0.15, 0.2) is 94.9 Å². The highest BCUT2D eigenvalue weighted by molar-refractivity contribution is 9.10. The smallest absolute Gasteiger partial charge is 0.255 e. The van der Waals surface area contributed by atoms with Crippen molar-refractivity contribution in [2.45, 2.75) is 19.6 Å². The van der Waals surface area contributed by atoms with Crippen LogP contribution in [0, 0.1) is 0 Å². The minimum Gasteiger partial charge on any atom is -0.495 e. The zero-order valence-electron chi connectivity index (χ0n) is 19.7. The molecule has 1 aliphatic rings. The van der Waals surface area contributed by atoms with E-state index in [0.29, 0.717) is 35.3 Å². The number of benzene rings is 3. The molecule has 8 nitrogen and oxygen atoms in total. The molecule has 0 bridgehead atoms. The van der Waals surface area contributed by atoms with E-state index in [1.807, 2.05) is 67.6 Å². The van der Waals surface area contributed by atoms with E-state index in [0.717, 1.165) is 21.3 Å². The van der Waals surface area contributed by atoms with Crippen molar-refractivity contribution in [3.63, 3.8) is 0 Å². The summed E-state index contributed by atoms with van der Waals surface area (Å²) >= 11 is 3.48. The van der Waals surface area contributed by atoms with Crippen LogP contribution in [0.4, 0.5) is 11.6 Å². The standard InChI is InChI=1S/C27H24BrN5O3/c1-17-24(26(34)32-22-8-3-4-9-23(22)35-2)25(33-27(31-17)29-16-30-33)19-10-12-21(13-11-19)36-15-18-6-5-7-20(28)14-18/h3-14,16,25H,15H2,1-2H3,(H,32,34)(H,29,30,31). The number of nitrogens with one attached hydrogen (secondary N) is 2. The first-order valence-electron chi connectivity index (χ1n) is 11.3. The molecule has 36 heavy (non-hydrogen) atoms. The third-order valence-electron chi connectivity index (χ3n) is 5.88. The van der Waals surface area contributed by atoms with E-state index in [4.69, 9.17) is 9.47 Å². The van der Waals surface area contributed by atoms with Gasteiger partial charge < -0.3 is 20.1 Å². The summed E-state index contributed by atoms with van der Waals surface area (Å²) < 4.78 is 14.1. The summed E-state index contributed by atoms with van der Waals surface area (Å²) in [7, 11) is 1.57. The van der Waals surface area contributed by atoms with Crippen LogP contribution in [-0.4, -0.2) is 27.8 Å². The van der Waals surface area contributed by atoms with Crippen LogP contribution in [-0.2, 0) is 11.4 Å². The van der Waals surface area contributed by atoms with Gasteiger partial charge in [0.1, 0.15) is 30.5 Å². The maximum atomic E-state index is 13.6. The van der Waals surface area contributed by atoms with Gasteiger partial charge >= 0.3 is 0 Å². The van der Waals surface area contributed by atoms with Crippen molar-refractivity contribution in [2.24, 2.45) is 0 Å². The second-order valence-corrected chi connectivity index (χ2v) is 9.15. The zero-order chi connectivity index (χ0) is 25.1. The number of carbonyl (C=O) groups excluding carboxylic acids is 1. The number of hydrogen-bond acceptors (Lipinski definition) is 6. The van der Waals surface area contributed by atoms with Crippen LogP contribution in [0.25, 0.3) is 0 Å². The number of carbonyl (C=O) groups is 1. The van der Waals surface area contributed by atoms with Gasteiger partial charge in [0.15, 0.2) is 0 Å². The van der Waals surface area contributed by atoms with Crippen molar-refractivity contribution in [2.75, 3.05) is 17.7 Å². The number of ether oxygens (including phenoxy) is 2. The molecule has 0 fully saturated rings. The van der Waals surface area contributed by atoms with Crippen LogP contribution in [0.5, 0.6) is 11.5 Å². The van der Waals surface area contributed by atoms with Crippen molar-refractivity contribution >= 4 is 33.5 Å². The van der Waals surface area contributed by atoms with Gasteiger partial charge in [-0.3, -0.25) is 4.79 Å². The van der Waals surface area contributed by atoms with E-state index >= 15 is 0 Å². The van der Waals surface area contributed by atoms with Crippen molar-refractivity contribution < 1.29 is 14.3 Å². The molecule has 1 atom stereocenters. The SMILES string of the molecule is COc1ccccc1NC(=O)C1=C(C)Nc2ncnn2C1c1ccc(OCc2cccc(Br)c2)cc1. The topological polar surface area (TPSA) is 90.3 Å². The average molecular weight is 546 g/mol. The number of halogens is 1. The summed E-state index contributed by atoms with van der Waals surface area (Å²) in [6.07, 6.45) is 1.47. The molecule has 1 unspecified atom stereocenters. The molecule has 0 saturated carbocycles. The molecule has 182 valence electrons. The maximum absolute atomic E-state index is 13.6. The van der Waals surface area contributed by atoms with Crippen molar-refractivity contribution in [3.05, 3.63) is 106 Å². The number of methoxy groups -OCH3 is 1. The summed E-state index contributed by atoms with van der Waals surface area (Å²) in [5.41, 5.74) is 3.75. The van der Waals surface area contributed by atoms with E-state index in [1.54, 1.807) is 23.9 Å². The molecule has 1 aromatic heterocycles. The van der Waals surface area contributed by atoms with Crippen molar-refractivity contribution in [1.29, 1.82) is 0 Å². The highest BCUT2D eigenvalue weighted by Gasteiger charge is 2.33. The Labute approximate surface area is 217 Å². The second kappa shape index (κ2) is 10.2. The Balaban J connectivity index is 1.42. The largest absolute Gasteiger partial charge is 0.495 e. The molecule has 0 saturated heterocycles. The Bertz CT molecular complexity index is 1430. The molecule has 1 amide bonds. The first kappa shape index (κ1) is 23.6. The molecular formula is C27H24BrN5O3. The minimum atomic E-state index is -0.474. The number of para-hydroxylation sites is 2. The number of aromatic nitrogens is 3. The van der Waals surface area contributed by atoms with Gasteiger partial charge in [0.05, 0.1) is 18.4 Å². The molecule has 3 aromatic carbocycles. The Morgan fingerprint density at radius 3 is 2.69 bits per heavy atom. The second-order valence-electron chi connectivity index (χ2n) is 8.24. The molecule has 1 aliphatic heterocycles. The molecular weight excluding hydrogens is 522 g/mol. The molecule has 2 heterocycles. The molecule has 2 N–H and O–H groups in total. The fourth-order valence-electron chi connectivity index (χ4n) is 4.17. The van der Waals surface area contributed by atoms with E-state index in [2.05, 4.69) is 36.6 Å². The lowest BCUT2D eigenvalue weighted by atomic mass is 9.95. The summed E-state index contributed by atoms with van der Waals surface area (Å²) in [5.74, 6) is 1.62. The van der Waals surface area contributed by atoms with Gasteiger partial charge in [0, 0.05) is 10.2 Å². The van der Waals surface area contributed by atoms with Gasteiger partial charge in [-0.2, -0.15) is 10.1 Å². The number of hydrogen-bond donors (Lipinski definition) is 2. The molecule has 4 aromatic rings. The predicted octanol–water partition coefficient (Wildman–Crippen LogP) is 5.56. The Morgan fingerprint density at radius 2 is 1.92 bits per heavy atom. The Morgan fingerprint density at radius 1 is 1.11 bits per heavy atom. The molecule has 0 radical (unpaired) electrons. The van der Waals surface area contributed by atoms with Crippen molar-refractivity contribution in [3.8, 4) is 11.5 Å². The molecule has 0 aliphatic carbocycles. The van der Waals surface area contributed by atoms with Crippen molar-refractivity contribution in [1.82, 2.24) is 14.8 Å². The Hall–Kier alpha value is -4.11. The number of allylic oxidation sites excluding steroid dienone is 1. The highest BCUT2D eigenvalue weighted by Crippen LogP contribution is 2.36. The van der Waals surface area contributed by atoms with Gasteiger partial charge in [-0.15, -0.1) is 0 Å². The van der Waals surface area contributed by atoms with E-state index < -0.39 is 6.04 Å². The predicted molar refractivity (Wildman–Crippen MR) is 141 cm³/mol. The van der Waals surface area contributed by atoms with Gasteiger partial charge in [-0.05, 0) is 54.4 Å². The Kier molecular flexibility index (Phi) is 6.73. The van der Waals surface area contributed by atoms with Crippen LogP contribution in [0.2, 0.25) is 0 Å². The van der Waals surface area contributed by atoms with Gasteiger partial charge in [0.25, 0.3) is 5.91 Å². The summed E-state index contributed by atoms with van der Waals surface area (Å²) in [5, 5.41) is 10.6. The quantitative estimate of drug-likeness (QED) is 0.316. The van der Waals surface area contributed by atoms with Crippen LogP contribution in [0.1, 0.15) is 24.1 Å². The summed E-state index contributed by atoms with van der Waals surface area (Å²) in [6, 6.07) is 22.5. The first-order chi connectivity index (χ1) is 17.5. The number of anilines is 2. The van der Waals surface area contributed by atoms with E-state index in [1.165, 1.54) is 6.33 Å². The average Bonchev–Trinajstić information content (AvgIpc) is 3.35. The third-order valence-corrected chi connectivity index (χ3v) is 6.38. The molecule has 5 rings (SSSR count). The lowest BCUT2D eigenvalue weighted by Gasteiger charge is -2.29. The van der Waals surface area contributed by atoms with E-state index in [9.17, 15) is 4.79 Å². The molecule has 0 spiro atoms. The number of rotatable bonds is 7. The summed E-state index contributed by atoms with van der Waals surface area (Å²) in [6.45, 7) is 2.31. The van der Waals surface area contributed by atoms with E-state index in [-0.39, 0.29) is 5.91 Å². The fourth-order valence-corrected chi connectivity index (χ4v) is 4.62. The van der Waals surface area contributed by atoms with Crippen LogP contribution >= 0.6 is 15.9 Å². The van der Waals surface area contributed by atoms with Crippen LogP contribution < -0.4 is 20.1 Å². The fraction of sp³-hybridized carbons (Fsp3) is 0.148. The first-order valence-corrected chi connectivity index (χ1v) is 12.1. The number of nitrogens with zero attached hydrogens (tertiary/aromatic N) is 3. The van der Waals surface area contributed by atoms with Gasteiger partial charge in [-0.1, -0.05) is 52.3 Å². The normalized spacial score (nSPS) is 14.6. The lowest BCUT2D eigenvalue weighted by molar-refractivity contribution is -0.113.